The average molecular weight is 265 g/mol. The van der Waals surface area contributed by atoms with Crippen molar-refractivity contribution in [2.75, 3.05) is 18.0 Å². The Morgan fingerprint density at radius 2 is 1.78 bits per heavy atom. The Bertz CT molecular complexity index is 411. The van der Waals surface area contributed by atoms with Gasteiger partial charge in [-0.2, -0.15) is 0 Å². The Morgan fingerprint density at radius 1 is 1.17 bits per heavy atom. The van der Waals surface area contributed by atoms with E-state index in [-0.39, 0.29) is 0 Å². The first-order chi connectivity index (χ1) is 8.76. The number of hydrogen-bond acceptors (Lipinski definition) is 2. The Kier molecular flexibility index (Phi) is 3.47. The van der Waals surface area contributed by atoms with Crippen LogP contribution in [0.1, 0.15) is 36.9 Å². The van der Waals surface area contributed by atoms with Crippen molar-refractivity contribution in [2.24, 2.45) is 11.8 Å². The van der Waals surface area contributed by atoms with E-state index in [9.17, 15) is 0 Å². The normalized spacial score (nSPS) is 19.0. The molecule has 0 amide bonds. The summed E-state index contributed by atoms with van der Waals surface area (Å²) in [6.07, 6.45) is 5.61. The predicted molar refractivity (Wildman–Crippen MR) is 76.2 cm³/mol. The highest BCUT2D eigenvalue weighted by atomic mass is 35.5. The Balaban J connectivity index is 1.76. The monoisotopic (exact) mass is 264 g/mol. The molecule has 1 heterocycles. The van der Waals surface area contributed by atoms with E-state index in [1.54, 1.807) is 0 Å². The second-order valence-corrected chi connectivity index (χ2v) is 6.11. The maximum absolute atomic E-state index is 5.90. The number of anilines is 1. The molecule has 1 aromatic heterocycles. The van der Waals surface area contributed by atoms with E-state index in [0.717, 1.165) is 28.9 Å². The van der Waals surface area contributed by atoms with E-state index in [0.29, 0.717) is 5.88 Å². The quantitative estimate of drug-likeness (QED) is 0.728. The van der Waals surface area contributed by atoms with Crippen LogP contribution >= 0.6 is 11.6 Å². The van der Waals surface area contributed by atoms with Crippen molar-refractivity contribution in [1.82, 2.24) is 4.98 Å². The number of rotatable bonds is 6. The summed E-state index contributed by atoms with van der Waals surface area (Å²) in [4.78, 5) is 7.25. The van der Waals surface area contributed by atoms with Crippen LogP contribution in [0.4, 0.5) is 5.82 Å². The van der Waals surface area contributed by atoms with E-state index in [2.05, 4.69) is 24.0 Å². The lowest BCUT2D eigenvalue weighted by Crippen LogP contribution is -2.29. The minimum Gasteiger partial charge on any atom is -0.356 e. The summed E-state index contributed by atoms with van der Waals surface area (Å²) >= 11 is 5.90. The van der Waals surface area contributed by atoms with E-state index in [1.165, 1.54) is 38.8 Å². The third kappa shape index (κ3) is 2.97. The topological polar surface area (TPSA) is 16.1 Å². The van der Waals surface area contributed by atoms with Crippen LogP contribution < -0.4 is 4.90 Å². The lowest BCUT2D eigenvalue weighted by atomic mass is 10.2. The number of aromatic nitrogens is 1. The molecule has 2 aliphatic carbocycles. The highest BCUT2D eigenvalue weighted by molar-refractivity contribution is 6.17. The first-order valence-electron chi connectivity index (χ1n) is 7.03. The Morgan fingerprint density at radius 3 is 2.22 bits per heavy atom. The molecule has 0 saturated heterocycles. The summed E-state index contributed by atoms with van der Waals surface area (Å²) in [5, 5.41) is 0. The largest absolute Gasteiger partial charge is 0.356 e. The van der Waals surface area contributed by atoms with Crippen molar-refractivity contribution >= 4 is 17.4 Å². The number of alkyl halides is 1. The van der Waals surface area contributed by atoms with Gasteiger partial charge >= 0.3 is 0 Å². The zero-order valence-corrected chi connectivity index (χ0v) is 11.8. The maximum atomic E-state index is 5.90. The van der Waals surface area contributed by atoms with Crippen LogP contribution in [0.2, 0.25) is 0 Å². The van der Waals surface area contributed by atoms with Gasteiger partial charge < -0.3 is 4.90 Å². The zero-order chi connectivity index (χ0) is 12.5. The SMILES string of the molecule is Cc1nc(N(CC2CC2)CC2CC2)ccc1CCl. The van der Waals surface area contributed by atoms with Crippen LogP contribution in [-0.2, 0) is 5.88 Å². The standard InChI is InChI=1S/C15H21ClN2/c1-11-14(8-16)6-7-15(17-11)18(9-12-2-3-12)10-13-4-5-13/h6-7,12-13H,2-5,8-10H2,1H3. The van der Waals surface area contributed by atoms with Gasteiger partial charge in [0.2, 0.25) is 0 Å². The van der Waals surface area contributed by atoms with Gasteiger partial charge in [-0.15, -0.1) is 11.6 Å². The van der Waals surface area contributed by atoms with Gasteiger partial charge in [0.25, 0.3) is 0 Å². The smallest absolute Gasteiger partial charge is 0.128 e. The second-order valence-electron chi connectivity index (χ2n) is 5.84. The molecule has 0 unspecified atom stereocenters. The second kappa shape index (κ2) is 5.08. The molecule has 0 aliphatic heterocycles. The molecular weight excluding hydrogens is 244 g/mol. The Labute approximate surface area is 114 Å². The van der Waals surface area contributed by atoms with E-state index < -0.39 is 0 Å². The molecule has 0 spiro atoms. The van der Waals surface area contributed by atoms with Crippen LogP contribution in [0.3, 0.4) is 0 Å². The van der Waals surface area contributed by atoms with Gasteiger partial charge in [0.05, 0.1) is 0 Å². The molecule has 3 rings (SSSR count). The van der Waals surface area contributed by atoms with Crippen molar-refractivity contribution in [3.8, 4) is 0 Å². The van der Waals surface area contributed by atoms with Gasteiger partial charge in [0.15, 0.2) is 0 Å². The third-order valence-corrected chi connectivity index (χ3v) is 4.29. The molecule has 0 radical (unpaired) electrons. The molecule has 3 heteroatoms. The molecule has 2 aliphatic rings. The highest BCUT2D eigenvalue weighted by Crippen LogP contribution is 2.35. The summed E-state index contributed by atoms with van der Waals surface area (Å²) in [6, 6.07) is 4.28. The fourth-order valence-electron chi connectivity index (χ4n) is 2.38. The third-order valence-electron chi connectivity index (χ3n) is 4.00. The minimum atomic E-state index is 0.560. The molecule has 0 N–H and O–H groups in total. The van der Waals surface area contributed by atoms with E-state index >= 15 is 0 Å². The molecule has 0 atom stereocenters. The molecule has 0 bridgehead atoms. The molecule has 0 aromatic carbocycles. The summed E-state index contributed by atoms with van der Waals surface area (Å²) in [6.45, 7) is 4.46. The van der Waals surface area contributed by atoms with Crippen LogP contribution in [0, 0.1) is 18.8 Å². The number of aryl methyl sites for hydroxylation is 1. The lowest BCUT2D eigenvalue weighted by Gasteiger charge is -2.24. The van der Waals surface area contributed by atoms with Gasteiger partial charge in [0, 0.05) is 24.7 Å². The summed E-state index contributed by atoms with van der Waals surface area (Å²) < 4.78 is 0. The highest BCUT2D eigenvalue weighted by Gasteiger charge is 2.29. The maximum Gasteiger partial charge on any atom is 0.128 e. The van der Waals surface area contributed by atoms with Gasteiger partial charge in [-0.05, 0) is 56.1 Å². The summed E-state index contributed by atoms with van der Waals surface area (Å²) in [7, 11) is 0. The zero-order valence-electron chi connectivity index (χ0n) is 11.0. The van der Waals surface area contributed by atoms with Crippen molar-refractivity contribution < 1.29 is 0 Å². The number of hydrogen-bond donors (Lipinski definition) is 0. The molecular formula is C15H21ClN2. The minimum absolute atomic E-state index is 0.560. The molecule has 18 heavy (non-hydrogen) atoms. The number of nitrogens with zero attached hydrogens (tertiary/aromatic N) is 2. The average Bonchev–Trinajstić information content (AvgIpc) is 3.23. The fraction of sp³-hybridized carbons (Fsp3) is 0.667. The molecule has 1 aromatic rings. The van der Waals surface area contributed by atoms with Gasteiger partial charge in [-0.1, -0.05) is 6.07 Å². The van der Waals surface area contributed by atoms with Crippen molar-refractivity contribution in [3.05, 3.63) is 23.4 Å². The van der Waals surface area contributed by atoms with Crippen LogP contribution in [0.25, 0.3) is 0 Å². The van der Waals surface area contributed by atoms with Crippen LogP contribution in [0.5, 0.6) is 0 Å². The molecule has 98 valence electrons. The van der Waals surface area contributed by atoms with E-state index in [4.69, 9.17) is 16.6 Å². The fourth-order valence-corrected chi connectivity index (χ4v) is 2.66. The summed E-state index contributed by atoms with van der Waals surface area (Å²) in [5.41, 5.74) is 2.23. The summed E-state index contributed by atoms with van der Waals surface area (Å²) in [5.74, 6) is 3.54. The molecule has 2 fully saturated rings. The molecule has 2 nitrogen and oxygen atoms in total. The van der Waals surface area contributed by atoms with Gasteiger partial charge in [-0.3, -0.25) is 0 Å². The number of pyridine rings is 1. The van der Waals surface area contributed by atoms with Crippen molar-refractivity contribution in [3.63, 3.8) is 0 Å². The van der Waals surface area contributed by atoms with E-state index in [1.807, 2.05) is 0 Å². The van der Waals surface area contributed by atoms with Crippen molar-refractivity contribution in [1.29, 1.82) is 0 Å². The van der Waals surface area contributed by atoms with Crippen LogP contribution in [-0.4, -0.2) is 18.1 Å². The first kappa shape index (κ1) is 12.3. The van der Waals surface area contributed by atoms with Gasteiger partial charge in [0.1, 0.15) is 5.82 Å². The van der Waals surface area contributed by atoms with Crippen molar-refractivity contribution in [2.45, 2.75) is 38.5 Å². The van der Waals surface area contributed by atoms with Crippen LogP contribution in [0.15, 0.2) is 12.1 Å². The number of halogens is 1. The molecule has 2 saturated carbocycles. The predicted octanol–water partition coefficient (Wildman–Crippen LogP) is 3.76. The Hall–Kier alpha value is -0.760. The lowest BCUT2D eigenvalue weighted by molar-refractivity contribution is 0.670. The van der Waals surface area contributed by atoms with Gasteiger partial charge in [-0.25, -0.2) is 4.98 Å². The first-order valence-corrected chi connectivity index (χ1v) is 7.57.